The highest BCUT2D eigenvalue weighted by atomic mass is 79.9. The van der Waals surface area contributed by atoms with Crippen molar-refractivity contribution in [3.8, 4) is 0 Å². The summed E-state index contributed by atoms with van der Waals surface area (Å²) in [6.45, 7) is 9.61. The molecule has 1 N–H and O–H groups in total. The van der Waals surface area contributed by atoms with Gasteiger partial charge in [-0.2, -0.15) is 5.10 Å². The molecule has 0 aliphatic rings. The first-order valence-electron chi connectivity index (χ1n) is 7.16. The number of aromatic nitrogens is 2. The van der Waals surface area contributed by atoms with Crippen molar-refractivity contribution in [1.29, 1.82) is 0 Å². The van der Waals surface area contributed by atoms with Crippen LogP contribution in [0.2, 0.25) is 0 Å². The third-order valence-electron chi connectivity index (χ3n) is 2.97. The monoisotopic (exact) mass is 346 g/mol. The van der Waals surface area contributed by atoms with Crippen LogP contribution in [-0.4, -0.2) is 54.6 Å². The Morgan fingerprint density at radius 3 is 2.70 bits per heavy atom. The second kappa shape index (κ2) is 8.77. The van der Waals surface area contributed by atoms with Gasteiger partial charge in [0.1, 0.15) is 0 Å². The fourth-order valence-corrected chi connectivity index (χ4v) is 2.53. The molecular weight excluding hydrogens is 320 g/mol. The molecule has 0 bridgehead atoms. The predicted molar refractivity (Wildman–Crippen MR) is 86.0 cm³/mol. The third-order valence-corrected chi connectivity index (χ3v) is 3.58. The lowest BCUT2D eigenvalue weighted by Crippen LogP contribution is -2.30. The van der Waals surface area contributed by atoms with E-state index in [1.165, 1.54) is 0 Å². The Kier molecular flexibility index (Phi) is 7.72. The van der Waals surface area contributed by atoms with Crippen molar-refractivity contribution in [2.45, 2.75) is 39.5 Å². The van der Waals surface area contributed by atoms with Crippen LogP contribution in [0, 0.1) is 0 Å². The molecule has 1 atom stereocenters. The predicted octanol–water partition coefficient (Wildman–Crippen LogP) is 2.28. The first-order valence-corrected chi connectivity index (χ1v) is 7.95. The lowest BCUT2D eigenvalue weighted by atomic mass is 10.2. The molecule has 0 aliphatic carbocycles. The molecule has 20 heavy (non-hydrogen) atoms. The molecule has 0 amide bonds. The van der Waals surface area contributed by atoms with E-state index in [4.69, 9.17) is 4.74 Å². The summed E-state index contributed by atoms with van der Waals surface area (Å²) in [6.07, 6.45) is 2.10. The van der Waals surface area contributed by atoms with Gasteiger partial charge in [0.15, 0.2) is 0 Å². The minimum absolute atomic E-state index is 0.154. The smallest absolute Gasteiger partial charge is 0.0741 e. The van der Waals surface area contributed by atoms with E-state index in [0.29, 0.717) is 6.61 Å². The van der Waals surface area contributed by atoms with E-state index >= 15 is 0 Å². The van der Waals surface area contributed by atoms with Crippen LogP contribution < -0.4 is 5.32 Å². The van der Waals surface area contributed by atoms with E-state index in [0.717, 1.165) is 29.8 Å². The summed E-state index contributed by atoms with van der Waals surface area (Å²) in [5.41, 5.74) is 1.16. The largest absolute Gasteiger partial charge is 0.377 e. The fourth-order valence-electron chi connectivity index (χ4n) is 1.96. The molecular formula is C14H27BrN4O. The number of hydrogen-bond acceptors (Lipinski definition) is 4. The Balaban J connectivity index is 2.84. The summed E-state index contributed by atoms with van der Waals surface area (Å²) < 4.78 is 8.87. The number of halogens is 1. The normalized spacial score (nSPS) is 13.4. The topological polar surface area (TPSA) is 42.3 Å². The van der Waals surface area contributed by atoms with Crippen LogP contribution in [0.1, 0.15) is 32.5 Å². The van der Waals surface area contributed by atoms with Crippen LogP contribution in [-0.2, 0) is 11.3 Å². The zero-order valence-corrected chi connectivity index (χ0v) is 14.8. The highest BCUT2D eigenvalue weighted by Crippen LogP contribution is 2.24. The molecule has 0 saturated heterocycles. The Morgan fingerprint density at radius 2 is 2.15 bits per heavy atom. The van der Waals surface area contributed by atoms with Gasteiger partial charge in [0, 0.05) is 6.54 Å². The molecule has 6 heteroatoms. The molecule has 116 valence electrons. The van der Waals surface area contributed by atoms with Gasteiger partial charge in [-0.15, -0.1) is 0 Å². The van der Waals surface area contributed by atoms with Crippen LogP contribution in [0.15, 0.2) is 10.7 Å². The third kappa shape index (κ3) is 5.52. The highest BCUT2D eigenvalue weighted by Gasteiger charge is 2.20. The molecule has 0 aliphatic heterocycles. The first kappa shape index (κ1) is 17.6. The number of rotatable bonds is 9. The summed E-state index contributed by atoms with van der Waals surface area (Å²) >= 11 is 3.61. The van der Waals surface area contributed by atoms with Gasteiger partial charge in [-0.1, -0.05) is 6.92 Å². The molecule has 1 rings (SSSR count). The van der Waals surface area contributed by atoms with Crippen LogP contribution in [0.3, 0.4) is 0 Å². The molecule has 0 fully saturated rings. The van der Waals surface area contributed by atoms with E-state index in [2.05, 4.69) is 70.8 Å². The molecule has 1 heterocycles. The van der Waals surface area contributed by atoms with Gasteiger partial charge in [0.25, 0.3) is 0 Å². The van der Waals surface area contributed by atoms with Crippen molar-refractivity contribution < 1.29 is 4.74 Å². The second-order valence-corrected chi connectivity index (χ2v) is 6.25. The molecule has 5 nitrogen and oxygen atoms in total. The summed E-state index contributed by atoms with van der Waals surface area (Å²) in [4.78, 5) is 2.16. The Hall–Kier alpha value is -0.430. The SMILES string of the molecule is CCNC(COC(C)C)c1c(Br)cnn1CCN(C)C. The molecule has 1 aromatic rings. The molecule has 0 aromatic carbocycles. The van der Waals surface area contributed by atoms with Gasteiger partial charge < -0.3 is 15.0 Å². The Morgan fingerprint density at radius 1 is 1.45 bits per heavy atom. The van der Waals surface area contributed by atoms with Crippen molar-refractivity contribution in [2.75, 3.05) is 33.8 Å². The maximum Gasteiger partial charge on any atom is 0.0741 e. The van der Waals surface area contributed by atoms with E-state index in [1.807, 2.05) is 6.20 Å². The lowest BCUT2D eigenvalue weighted by Gasteiger charge is -2.22. The molecule has 1 aromatic heterocycles. The van der Waals surface area contributed by atoms with E-state index in [9.17, 15) is 0 Å². The second-order valence-electron chi connectivity index (χ2n) is 5.40. The number of hydrogen-bond donors (Lipinski definition) is 1. The molecule has 0 spiro atoms. The summed E-state index contributed by atoms with van der Waals surface area (Å²) in [7, 11) is 4.14. The zero-order chi connectivity index (χ0) is 15.1. The molecule has 0 radical (unpaired) electrons. The van der Waals surface area contributed by atoms with Gasteiger partial charge in [-0.25, -0.2) is 0 Å². The summed E-state index contributed by atoms with van der Waals surface area (Å²) in [5, 5.41) is 7.95. The Labute approximate surface area is 130 Å². The van der Waals surface area contributed by atoms with Crippen LogP contribution in [0.25, 0.3) is 0 Å². The van der Waals surface area contributed by atoms with Crippen molar-refractivity contribution in [1.82, 2.24) is 20.0 Å². The minimum atomic E-state index is 0.154. The van der Waals surface area contributed by atoms with Crippen molar-refractivity contribution in [3.05, 3.63) is 16.4 Å². The van der Waals surface area contributed by atoms with Crippen LogP contribution in [0.4, 0.5) is 0 Å². The standard InChI is InChI=1S/C14H27BrN4O/c1-6-16-13(10-20-11(2)3)14-12(15)9-17-19(14)8-7-18(4)5/h9,11,13,16H,6-8,10H2,1-5H3. The highest BCUT2D eigenvalue weighted by molar-refractivity contribution is 9.10. The van der Waals surface area contributed by atoms with Crippen molar-refractivity contribution in [2.24, 2.45) is 0 Å². The minimum Gasteiger partial charge on any atom is -0.377 e. The number of ether oxygens (including phenoxy) is 1. The van der Waals surface area contributed by atoms with Gasteiger partial charge in [-0.3, -0.25) is 4.68 Å². The number of nitrogens with zero attached hydrogens (tertiary/aromatic N) is 3. The summed E-state index contributed by atoms with van der Waals surface area (Å²) in [5.74, 6) is 0. The van der Waals surface area contributed by atoms with Crippen LogP contribution >= 0.6 is 15.9 Å². The average molecular weight is 347 g/mol. The number of nitrogens with one attached hydrogen (secondary N) is 1. The van der Waals surface area contributed by atoms with Gasteiger partial charge >= 0.3 is 0 Å². The lowest BCUT2D eigenvalue weighted by molar-refractivity contribution is 0.0594. The van der Waals surface area contributed by atoms with Gasteiger partial charge in [-0.05, 0) is 50.4 Å². The first-order chi connectivity index (χ1) is 9.45. The number of likely N-dealkylation sites (N-methyl/N-ethyl adjacent to an activating group) is 2. The van der Waals surface area contributed by atoms with E-state index in [-0.39, 0.29) is 12.1 Å². The molecule has 0 saturated carbocycles. The quantitative estimate of drug-likeness (QED) is 0.744. The van der Waals surface area contributed by atoms with Gasteiger partial charge in [0.2, 0.25) is 0 Å². The molecule has 1 unspecified atom stereocenters. The van der Waals surface area contributed by atoms with E-state index < -0.39 is 0 Å². The summed E-state index contributed by atoms with van der Waals surface area (Å²) in [6, 6.07) is 0.154. The van der Waals surface area contributed by atoms with E-state index in [1.54, 1.807) is 0 Å². The van der Waals surface area contributed by atoms with Gasteiger partial charge in [0.05, 0.1) is 41.7 Å². The fraction of sp³-hybridized carbons (Fsp3) is 0.786. The zero-order valence-electron chi connectivity index (χ0n) is 13.2. The maximum atomic E-state index is 5.78. The van der Waals surface area contributed by atoms with Crippen LogP contribution in [0.5, 0.6) is 0 Å². The Bertz CT molecular complexity index is 393. The van der Waals surface area contributed by atoms with Crippen molar-refractivity contribution in [3.63, 3.8) is 0 Å². The van der Waals surface area contributed by atoms with Crippen molar-refractivity contribution >= 4 is 15.9 Å². The average Bonchev–Trinajstić information content (AvgIpc) is 2.73. The maximum absolute atomic E-state index is 5.78.